The standard InChI is InChI=1S/C19H30N4O3S/c1-16-5-4-7-17(13-16)21-9-11-22(12-10-21)27(25,26)15-19(24)23-8-3-2-6-18(23)14-20/h4-5,7,13,18H,2-3,6,8-12,14-15,20H2,1H3. The van der Waals surface area contributed by atoms with Crippen molar-refractivity contribution in [2.24, 2.45) is 5.73 Å². The highest BCUT2D eigenvalue weighted by atomic mass is 32.2. The van der Waals surface area contributed by atoms with Gasteiger partial charge >= 0.3 is 0 Å². The monoisotopic (exact) mass is 394 g/mol. The van der Waals surface area contributed by atoms with E-state index in [0.29, 0.717) is 39.3 Å². The number of hydrogen-bond donors (Lipinski definition) is 1. The van der Waals surface area contributed by atoms with Crippen LogP contribution in [0.2, 0.25) is 0 Å². The number of aryl methyl sites for hydroxylation is 1. The number of piperazine rings is 1. The number of likely N-dealkylation sites (tertiary alicyclic amines) is 1. The fourth-order valence-electron chi connectivity index (χ4n) is 3.95. The van der Waals surface area contributed by atoms with Crippen LogP contribution in [-0.4, -0.2) is 74.6 Å². The van der Waals surface area contributed by atoms with Gasteiger partial charge < -0.3 is 15.5 Å². The Balaban J connectivity index is 1.59. The summed E-state index contributed by atoms with van der Waals surface area (Å²) in [6.45, 7) is 5.12. The molecule has 1 aromatic carbocycles. The molecule has 2 aliphatic rings. The maximum absolute atomic E-state index is 12.8. The van der Waals surface area contributed by atoms with Crippen molar-refractivity contribution in [3.8, 4) is 0 Å². The molecule has 2 heterocycles. The molecule has 0 radical (unpaired) electrons. The minimum Gasteiger partial charge on any atom is -0.369 e. The average molecular weight is 395 g/mol. The van der Waals surface area contributed by atoms with E-state index in [-0.39, 0.29) is 11.9 Å². The zero-order valence-corrected chi connectivity index (χ0v) is 16.8. The molecule has 3 rings (SSSR count). The molecule has 2 fully saturated rings. The average Bonchev–Trinajstić information content (AvgIpc) is 2.67. The first kappa shape index (κ1) is 20.1. The van der Waals surface area contributed by atoms with E-state index >= 15 is 0 Å². The number of piperidine rings is 1. The van der Waals surface area contributed by atoms with E-state index in [0.717, 1.165) is 24.9 Å². The summed E-state index contributed by atoms with van der Waals surface area (Å²) in [7, 11) is -3.60. The van der Waals surface area contributed by atoms with Crippen molar-refractivity contribution in [1.82, 2.24) is 9.21 Å². The van der Waals surface area contributed by atoms with Crippen LogP contribution in [0.5, 0.6) is 0 Å². The molecular weight excluding hydrogens is 364 g/mol. The van der Waals surface area contributed by atoms with Gasteiger partial charge in [-0.25, -0.2) is 8.42 Å². The van der Waals surface area contributed by atoms with Crippen LogP contribution < -0.4 is 10.6 Å². The van der Waals surface area contributed by atoms with Crippen molar-refractivity contribution in [3.05, 3.63) is 29.8 Å². The fourth-order valence-corrected chi connectivity index (χ4v) is 5.33. The zero-order valence-electron chi connectivity index (χ0n) is 16.0. The van der Waals surface area contributed by atoms with E-state index in [1.807, 2.05) is 25.1 Å². The number of nitrogens with two attached hydrogens (primary N) is 1. The van der Waals surface area contributed by atoms with Crippen molar-refractivity contribution in [2.75, 3.05) is 49.9 Å². The number of carbonyl (C=O) groups excluding carboxylic acids is 1. The summed E-state index contributed by atoms with van der Waals surface area (Å²) in [6, 6.07) is 8.19. The van der Waals surface area contributed by atoms with Gasteiger partial charge in [0.05, 0.1) is 0 Å². The highest BCUT2D eigenvalue weighted by Gasteiger charge is 2.33. The Morgan fingerprint density at radius 2 is 1.89 bits per heavy atom. The summed E-state index contributed by atoms with van der Waals surface area (Å²) in [4.78, 5) is 16.5. The van der Waals surface area contributed by atoms with Crippen molar-refractivity contribution in [3.63, 3.8) is 0 Å². The van der Waals surface area contributed by atoms with Gasteiger partial charge in [0.1, 0.15) is 5.75 Å². The van der Waals surface area contributed by atoms with E-state index < -0.39 is 15.8 Å². The molecule has 150 valence electrons. The number of amides is 1. The zero-order chi connectivity index (χ0) is 19.4. The Kier molecular flexibility index (Phi) is 6.39. The Bertz CT molecular complexity index is 760. The van der Waals surface area contributed by atoms with Crippen LogP contribution in [0, 0.1) is 6.92 Å². The predicted octanol–water partition coefficient (Wildman–Crippen LogP) is 0.787. The minimum absolute atomic E-state index is 0.0281. The number of benzene rings is 1. The lowest BCUT2D eigenvalue weighted by molar-refractivity contribution is -0.131. The molecule has 1 unspecified atom stereocenters. The molecule has 1 atom stereocenters. The fraction of sp³-hybridized carbons (Fsp3) is 0.632. The lowest BCUT2D eigenvalue weighted by Crippen LogP contribution is -2.53. The van der Waals surface area contributed by atoms with Crippen LogP contribution in [0.3, 0.4) is 0 Å². The summed E-state index contributed by atoms with van der Waals surface area (Å²) >= 11 is 0. The normalized spacial score (nSPS) is 22.1. The van der Waals surface area contributed by atoms with E-state index in [2.05, 4.69) is 11.0 Å². The van der Waals surface area contributed by atoms with Crippen LogP contribution in [0.15, 0.2) is 24.3 Å². The number of hydrogen-bond acceptors (Lipinski definition) is 5. The SMILES string of the molecule is Cc1cccc(N2CCN(S(=O)(=O)CC(=O)N3CCCCC3CN)CC2)c1. The van der Waals surface area contributed by atoms with E-state index in [1.165, 1.54) is 9.87 Å². The van der Waals surface area contributed by atoms with E-state index in [1.54, 1.807) is 4.90 Å². The van der Waals surface area contributed by atoms with Gasteiger partial charge in [-0.1, -0.05) is 12.1 Å². The Morgan fingerprint density at radius 3 is 2.56 bits per heavy atom. The molecule has 0 saturated carbocycles. The molecule has 8 heteroatoms. The molecule has 1 aromatic rings. The molecule has 2 N–H and O–H groups in total. The van der Waals surface area contributed by atoms with Crippen LogP contribution in [0.25, 0.3) is 0 Å². The number of sulfonamides is 1. The van der Waals surface area contributed by atoms with Crippen LogP contribution in [0.4, 0.5) is 5.69 Å². The van der Waals surface area contributed by atoms with Gasteiger partial charge in [0.2, 0.25) is 15.9 Å². The lowest BCUT2D eigenvalue weighted by Gasteiger charge is -2.37. The molecule has 0 aromatic heterocycles. The largest absolute Gasteiger partial charge is 0.369 e. The molecular formula is C19H30N4O3S. The summed E-state index contributed by atoms with van der Waals surface area (Å²) in [6.07, 6.45) is 2.81. The van der Waals surface area contributed by atoms with Gasteiger partial charge in [-0.2, -0.15) is 4.31 Å². The number of anilines is 1. The van der Waals surface area contributed by atoms with Gasteiger partial charge in [0.25, 0.3) is 0 Å². The molecule has 27 heavy (non-hydrogen) atoms. The Hall–Kier alpha value is -1.64. The number of carbonyl (C=O) groups is 1. The summed E-state index contributed by atoms with van der Waals surface area (Å²) in [5.41, 5.74) is 8.06. The molecule has 0 spiro atoms. The second kappa shape index (κ2) is 8.58. The van der Waals surface area contributed by atoms with Gasteiger partial charge in [-0.05, 0) is 43.9 Å². The second-order valence-electron chi connectivity index (χ2n) is 7.45. The van der Waals surface area contributed by atoms with E-state index in [4.69, 9.17) is 5.73 Å². The quantitative estimate of drug-likeness (QED) is 0.798. The molecule has 0 bridgehead atoms. The first-order valence-electron chi connectivity index (χ1n) is 9.69. The molecule has 1 amide bonds. The number of rotatable bonds is 5. The van der Waals surface area contributed by atoms with Crippen molar-refractivity contribution >= 4 is 21.6 Å². The molecule has 2 saturated heterocycles. The third-order valence-corrected chi connectivity index (χ3v) is 7.29. The summed E-state index contributed by atoms with van der Waals surface area (Å²) in [5.74, 6) is -0.764. The molecule has 0 aliphatic carbocycles. The third-order valence-electron chi connectivity index (χ3n) is 5.52. The number of nitrogens with zero attached hydrogens (tertiary/aromatic N) is 3. The molecule has 2 aliphatic heterocycles. The van der Waals surface area contributed by atoms with Gasteiger partial charge in [-0.15, -0.1) is 0 Å². The van der Waals surface area contributed by atoms with Crippen molar-refractivity contribution < 1.29 is 13.2 Å². The predicted molar refractivity (Wildman–Crippen MR) is 107 cm³/mol. The van der Waals surface area contributed by atoms with E-state index in [9.17, 15) is 13.2 Å². The van der Waals surface area contributed by atoms with Gasteiger partial charge in [0, 0.05) is 51.0 Å². The first-order chi connectivity index (χ1) is 12.9. The van der Waals surface area contributed by atoms with Crippen molar-refractivity contribution in [1.29, 1.82) is 0 Å². The topological polar surface area (TPSA) is 87.0 Å². The summed E-state index contributed by atoms with van der Waals surface area (Å²) < 4.78 is 27.0. The highest BCUT2D eigenvalue weighted by molar-refractivity contribution is 7.89. The van der Waals surface area contributed by atoms with Crippen LogP contribution >= 0.6 is 0 Å². The third kappa shape index (κ3) is 4.80. The van der Waals surface area contributed by atoms with Crippen LogP contribution in [0.1, 0.15) is 24.8 Å². The lowest BCUT2D eigenvalue weighted by atomic mass is 10.0. The maximum atomic E-state index is 12.8. The summed E-state index contributed by atoms with van der Waals surface area (Å²) in [5, 5.41) is 0. The smallest absolute Gasteiger partial charge is 0.239 e. The maximum Gasteiger partial charge on any atom is 0.239 e. The van der Waals surface area contributed by atoms with Gasteiger partial charge in [-0.3, -0.25) is 4.79 Å². The first-order valence-corrected chi connectivity index (χ1v) is 11.3. The van der Waals surface area contributed by atoms with Crippen molar-refractivity contribution in [2.45, 2.75) is 32.2 Å². The molecule has 7 nitrogen and oxygen atoms in total. The highest BCUT2D eigenvalue weighted by Crippen LogP contribution is 2.20. The van der Waals surface area contributed by atoms with Gasteiger partial charge in [0.15, 0.2) is 0 Å². The second-order valence-corrected chi connectivity index (χ2v) is 9.42. The Morgan fingerprint density at radius 1 is 1.15 bits per heavy atom. The van der Waals surface area contributed by atoms with Crippen LogP contribution in [-0.2, 0) is 14.8 Å². The minimum atomic E-state index is -3.60. The Labute approximate surface area is 162 Å².